The van der Waals surface area contributed by atoms with Crippen molar-refractivity contribution >= 4 is 34.8 Å². The average Bonchev–Trinajstić information content (AvgIpc) is 2.87. The van der Waals surface area contributed by atoms with Crippen LogP contribution >= 0.6 is 34.8 Å². The number of hydrogen-bond acceptors (Lipinski definition) is 1. The summed E-state index contributed by atoms with van der Waals surface area (Å²) >= 11 is 18.4. The zero-order chi connectivity index (χ0) is 14.3. The first kappa shape index (κ1) is 14.0. The quantitative estimate of drug-likeness (QED) is 0.670. The Labute approximate surface area is 131 Å². The molecule has 1 unspecified atom stereocenters. The Balaban J connectivity index is 2.11. The molecule has 5 heteroatoms. The summed E-state index contributed by atoms with van der Waals surface area (Å²) < 4.78 is 19.5. The van der Waals surface area contributed by atoms with E-state index in [1.54, 1.807) is 6.07 Å². The second-order valence-electron chi connectivity index (χ2n) is 4.61. The van der Waals surface area contributed by atoms with E-state index in [2.05, 4.69) is 0 Å². The summed E-state index contributed by atoms with van der Waals surface area (Å²) in [5.41, 5.74) is 1.99. The van der Waals surface area contributed by atoms with Gasteiger partial charge in [0.05, 0.1) is 12.0 Å². The van der Waals surface area contributed by atoms with Crippen molar-refractivity contribution in [1.29, 1.82) is 0 Å². The molecule has 0 aromatic heterocycles. The lowest BCUT2D eigenvalue weighted by atomic mass is 10.00. The monoisotopic (exact) mass is 330 g/mol. The van der Waals surface area contributed by atoms with Gasteiger partial charge in [0, 0.05) is 27.6 Å². The Kier molecular flexibility index (Phi) is 3.80. The molecule has 0 fully saturated rings. The number of ether oxygens (including phenoxy) is 1. The number of alkyl halides is 1. The second-order valence-corrected chi connectivity index (χ2v) is 5.92. The summed E-state index contributed by atoms with van der Waals surface area (Å²) in [6.45, 7) is 0.588. The minimum absolute atomic E-state index is 0.319. The maximum atomic E-state index is 13.9. The van der Waals surface area contributed by atoms with Crippen molar-refractivity contribution in [3.8, 4) is 5.75 Å². The van der Waals surface area contributed by atoms with Crippen molar-refractivity contribution in [2.45, 2.75) is 11.8 Å². The fourth-order valence-corrected chi connectivity index (χ4v) is 3.12. The summed E-state index contributed by atoms with van der Waals surface area (Å²) in [5.74, 6) is 0.301. The summed E-state index contributed by atoms with van der Waals surface area (Å²) in [4.78, 5) is 0. The third-order valence-corrected chi connectivity index (χ3v) is 4.20. The molecule has 1 aliphatic heterocycles. The van der Waals surface area contributed by atoms with E-state index in [1.807, 2.05) is 6.07 Å². The predicted octanol–water partition coefficient (Wildman–Crippen LogP) is 5.40. The second kappa shape index (κ2) is 5.44. The molecule has 2 aromatic carbocycles. The third kappa shape index (κ3) is 2.48. The van der Waals surface area contributed by atoms with Crippen LogP contribution in [0.4, 0.5) is 4.39 Å². The molecule has 0 saturated carbocycles. The minimum atomic E-state index is -0.695. The highest BCUT2D eigenvalue weighted by Crippen LogP contribution is 2.42. The fraction of sp³-hybridized carbons (Fsp3) is 0.200. The van der Waals surface area contributed by atoms with Crippen molar-refractivity contribution < 1.29 is 9.13 Å². The van der Waals surface area contributed by atoms with Crippen molar-refractivity contribution in [2.75, 3.05) is 6.61 Å². The largest absolute Gasteiger partial charge is 0.493 e. The molecule has 0 aliphatic carbocycles. The first-order valence-electron chi connectivity index (χ1n) is 6.10. The summed E-state index contributed by atoms with van der Waals surface area (Å²) in [5, 5.41) is 0.309. The molecule has 0 N–H and O–H groups in total. The van der Waals surface area contributed by atoms with E-state index < -0.39 is 11.2 Å². The Morgan fingerprint density at radius 2 is 1.80 bits per heavy atom. The summed E-state index contributed by atoms with van der Waals surface area (Å²) in [6, 6.07) is 7.88. The zero-order valence-corrected chi connectivity index (χ0v) is 12.6. The molecular formula is C15H10Cl3FO. The first-order valence-corrected chi connectivity index (χ1v) is 7.29. The molecule has 0 spiro atoms. The smallest absolute Gasteiger partial charge is 0.128 e. The number of hydrogen-bond donors (Lipinski definition) is 0. The molecule has 1 aliphatic rings. The predicted molar refractivity (Wildman–Crippen MR) is 79.8 cm³/mol. The van der Waals surface area contributed by atoms with Crippen molar-refractivity contribution in [3.05, 3.63) is 62.9 Å². The lowest BCUT2D eigenvalue weighted by molar-refractivity contribution is 0.353. The van der Waals surface area contributed by atoms with E-state index in [1.165, 1.54) is 18.2 Å². The zero-order valence-electron chi connectivity index (χ0n) is 10.3. The lowest BCUT2D eigenvalue weighted by Crippen LogP contribution is -2.00. The van der Waals surface area contributed by atoms with Crippen LogP contribution in [0.15, 0.2) is 30.3 Å². The Morgan fingerprint density at radius 1 is 1.05 bits per heavy atom. The van der Waals surface area contributed by atoms with Gasteiger partial charge in [-0.3, -0.25) is 0 Å². The fourth-order valence-electron chi connectivity index (χ4n) is 2.36. The molecule has 1 heterocycles. The molecule has 0 bridgehead atoms. The molecule has 2 aromatic rings. The van der Waals surface area contributed by atoms with Crippen molar-refractivity contribution in [2.24, 2.45) is 0 Å². The summed E-state index contributed by atoms with van der Waals surface area (Å²) in [7, 11) is 0. The molecule has 104 valence electrons. The number of rotatable bonds is 2. The van der Waals surface area contributed by atoms with Crippen LogP contribution < -0.4 is 4.74 Å². The molecule has 1 atom stereocenters. The highest BCUT2D eigenvalue weighted by Gasteiger charge is 2.25. The maximum absolute atomic E-state index is 13.9. The van der Waals surface area contributed by atoms with Gasteiger partial charge in [0.2, 0.25) is 0 Å². The molecule has 0 radical (unpaired) electrons. The molecule has 3 rings (SSSR count). The topological polar surface area (TPSA) is 9.23 Å². The molecule has 1 nitrogen and oxygen atoms in total. The van der Waals surface area contributed by atoms with Gasteiger partial charge in [-0.1, -0.05) is 23.2 Å². The number of halogens is 4. The van der Waals surface area contributed by atoms with Crippen LogP contribution in [0.1, 0.15) is 22.1 Å². The first-order chi connectivity index (χ1) is 9.56. The Morgan fingerprint density at radius 3 is 2.60 bits per heavy atom. The lowest BCUT2D eigenvalue weighted by Gasteiger charge is -2.15. The summed E-state index contributed by atoms with van der Waals surface area (Å²) in [6.07, 6.45) is 0.782. The Hall–Kier alpha value is -0.960. The van der Waals surface area contributed by atoms with E-state index in [4.69, 9.17) is 39.5 Å². The van der Waals surface area contributed by atoms with Crippen LogP contribution in [0.3, 0.4) is 0 Å². The van der Waals surface area contributed by atoms with Gasteiger partial charge in [-0.15, -0.1) is 11.6 Å². The SMILES string of the molecule is Fc1ccc(Cl)cc1C(Cl)c1cc(Cl)cc2c1OCC2. The van der Waals surface area contributed by atoms with Gasteiger partial charge in [0.1, 0.15) is 11.6 Å². The van der Waals surface area contributed by atoms with E-state index >= 15 is 0 Å². The van der Waals surface area contributed by atoms with Gasteiger partial charge in [-0.05, 0) is 35.9 Å². The highest BCUT2D eigenvalue weighted by molar-refractivity contribution is 6.31. The van der Waals surface area contributed by atoms with Crippen LogP contribution in [0, 0.1) is 5.82 Å². The van der Waals surface area contributed by atoms with Gasteiger partial charge in [-0.2, -0.15) is 0 Å². The van der Waals surface area contributed by atoms with Crippen LogP contribution in [-0.4, -0.2) is 6.61 Å². The van der Waals surface area contributed by atoms with Gasteiger partial charge >= 0.3 is 0 Å². The highest BCUT2D eigenvalue weighted by atomic mass is 35.5. The van der Waals surface area contributed by atoms with E-state index in [0.717, 1.165) is 12.0 Å². The maximum Gasteiger partial charge on any atom is 0.128 e. The van der Waals surface area contributed by atoms with Gasteiger partial charge in [-0.25, -0.2) is 4.39 Å². The van der Waals surface area contributed by atoms with Gasteiger partial charge in [0.15, 0.2) is 0 Å². The number of fused-ring (bicyclic) bond motifs is 1. The standard InChI is InChI=1S/C15H10Cl3FO/c16-9-1-2-13(19)11(6-9)14(18)12-7-10(17)5-8-3-4-20-15(8)12/h1-2,5-7,14H,3-4H2. The van der Waals surface area contributed by atoms with Crippen molar-refractivity contribution in [1.82, 2.24) is 0 Å². The molecule has 0 saturated heterocycles. The van der Waals surface area contributed by atoms with Crippen LogP contribution in [-0.2, 0) is 6.42 Å². The molecule has 0 amide bonds. The van der Waals surface area contributed by atoms with Gasteiger partial charge in [0.25, 0.3) is 0 Å². The molecular weight excluding hydrogens is 322 g/mol. The van der Waals surface area contributed by atoms with Crippen molar-refractivity contribution in [3.63, 3.8) is 0 Å². The van der Waals surface area contributed by atoms with E-state index in [0.29, 0.717) is 33.5 Å². The van der Waals surface area contributed by atoms with Crippen LogP contribution in [0.25, 0.3) is 0 Å². The van der Waals surface area contributed by atoms with Crippen LogP contribution in [0.5, 0.6) is 5.75 Å². The average molecular weight is 332 g/mol. The normalized spacial score (nSPS) is 14.8. The molecule has 20 heavy (non-hydrogen) atoms. The van der Waals surface area contributed by atoms with E-state index in [-0.39, 0.29) is 0 Å². The minimum Gasteiger partial charge on any atom is -0.493 e. The Bertz CT molecular complexity index is 672. The van der Waals surface area contributed by atoms with Gasteiger partial charge < -0.3 is 4.74 Å². The number of benzene rings is 2. The third-order valence-electron chi connectivity index (χ3n) is 3.28. The van der Waals surface area contributed by atoms with E-state index in [9.17, 15) is 4.39 Å². The van der Waals surface area contributed by atoms with Crippen LogP contribution in [0.2, 0.25) is 10.0 Å².